The minimum atomic E-state index is -4.20. The van der Waals surface area contributed by atoms with Crippen molar-refractivity contribution in [1.29, 1.82) is 0 Å². The number of benzene rings is 1. The van der Waals surface area contributed by atoms with Crippen molar-refractivity contribution in [2.45, 2.75) is 36.7 Å². The molecule has 17 heteroatoms. The predicted octanol–water partition coefficient (Wildman–Crippen LogP) is 3.74. The van der Waals surface area contributed by atoms with E-state index in [1.165, 1.54) is 28.8 Å². The summed E-state index contributed by atoms with van der Waals surface area (Å²) in [7, 11) is -2.16. The number of rotatable bonds is 8. The second-order valence-electron chi connectivity index (χ2n) is 10.0. The molecule has 0 spiro atoms. The zero-order valence-electron chi connectivity index (χ0n) is 22.4. The highest BCUT2D eigenvalue weighted by molar-refractivity contribution is 8.13. The fourth-order valence-electron chi connectivity index (χ4n) is 4.79. The van der Waals surface area contributed by atoms with Crippen LogP contribution in [0.3, 0.4) is 0 Å². The van der Waals surface area contributed by atoms with E-state index in [9.17, 15) is 34.8 Å². The Hall–Kier alpha value is -3.60. The van der Waals surface area contributed by atoms with Crippen LogP contribution in [0.4, 0.5) is 19.1 Å². The lowest BCUT2D eigenvalue weighted by molar-refractivity contribution is 0.149. The predicted molar refractivity (Wildman–Crippen MR) is 154 cm³/mol. The molecule has 1 saturated heterocycles. The molecule has 4 aromatic rings. The third-order valence-electron chi connectivity index (χ3n) is 6.96. The fourth-order valence-corrected chi connectivity index (χ4v) is 6.45. The number of hydrogen-bond donors (Lipinski definition) is 1. The Morgan fingerprint density at radius 3 is 2.37 bits per heavy atom. The molecular formula is C26H24ClF3N6O5S2. The molecule has 5 rings (SSSR count). The van der Waals surface area contributed by atoms with Gasteiger partial charge < -0.3 is 5.32 Å². The van der Waals surface area contributed by atoms with Gasteiger partial charge in [-0.05, 0) is 48.7 Å². The van der Waals surface area contributed by atoms with Crippen LogP contribution in [0, 0.1) is 5.82 Å². The van der Waals surface area contributed by atoms with E-state index in [-0.39, 0.29) is 40.8 Å². The van der Waals surface area contributed by atoms with Crippen LogP contribution >= 0.6 is 10.7 Å². The Balaban J connectivity index is 1.45. The first-order chi connectivity index (χ1) is 20.2. The van der Waals surface area contributed by atoms with Crippen molar-refractivity contribution in [2.24, 2.45) is 0 Å². The molecule has 3 aromatic heterocycles. The molecule has 0 amide bonds. The van der Waals surface area contributed by atoms with Crippen LogP contribution < -0.4 is 10.9 Å². The summed E-state index contributed by atoms with van der Waals surface area (Å²) in [5.41, 5.74) is -0.838. The SMILES string of the molecule is CS(=O)(=O)N1CCC(Nc2ncc3cc(C(F)F)c(=O)n(Cc4ccc(-c5cc(F)cc(S(=O)(=O)Cl)c5)nc4)c3n2)CC1. The van der Waals surface area contributed by atoms with Crippen molar-refractivity contribution in [2.75, 3.05) is 24.7 Å². The molecule has 1 aromatic carbocycles. The van der Waals surface area contributed by atoms with Gasteiger partial charge in [-0.15, -0.1) is 0 Å². The molecule has 228 valence electrons. The highest BCUT2D eigenvalue weighted by atomic mass is 35.7. The van der Waals surface area contributed by atoms with E-state index in [1.807, 2.05) is 0 Å². The summed E-state index contributed by atoms with van der Waals surface area (Å²) >= 11 is 0. The Morgan fingerprint density at radius 1 is 1.05 bits per heavy atom. The maximum absolute atomic E-state index is 14.1. The number of aromatic nitrogens is 4. The van der Waals surface area contributed by atoms with Gasteiger partial charge in [-0.3, -0.25) is 14.3 Å². The van der Waals surface area contributed by atoms with E-state index < -0.39 is 47.3 Å². The van der Waals surface area contributed by atoms with Crippen molar-refractivity contribution < 1.29 is 30.0 Å². The van der Waals surface area contributed by atoms with Crippen LogP contribution in [-0.2, 0) is 25.6 Å². The Kier molecular flexibility index (Phi) is 8.48. The number of fused-ring (bicyclic) bond motifs is 1. The molecule has 1 aliphatic heterocycles. The third-order valence-corrected chi connectivity index (χ3v) is 9.60. The van der Waals surface area contributed by atoms with E-state index in [2.05, 4.69) is 20.3 Å². The number of nitrogens with one attached hydrogen (secondary N) is 1. The van der Waals surface area contributed by atoms with Gasteiger partial charge >= 0.3 is 0 Å². The number of sulfonamides is 1. The third kappa shape index (κ3) is 6.98. The van der Waals surface area contributed by atoms with Crippen LogP contribution in [0.15, 0.2) is 58.5 Å². The maximum atomic E-state index is 14.1. The topological polar surface area (TPSA) is 144 Å². The van der Waals surface area contributed by atoms with Crippen molar-refractivity contribution in [3.63, 3.8) is 0 Å². The van der Waals surface area contributed by atoms with Crippen molar-refractivity contribution in [3.05, 3.63) is 76.1 Å². The molecule has 1 fully saturated rings. The average molecular weight is 657 g/mol. The molecule has 11 nitrogen and oxygen atoms in total. The van der Waals surface area contributed by atoms with Gasteiger partial charge in [-0.1, -0.05) is 6.07 Å². The Morgan fingerprint density at radius 2 is 1.77 bits per heavy atom. The monoisotopic (exact) mass is 656 g/mol. The van der Waals surface area contributed by atoms with Gasteiger partial charge in [-0.2, -0.15) is 4.98 Å². The second kappa shape index (κ2) is 11.8. The molecule has 1 aliphatic rings. The molecule has 4 heterocycles. The zero-order chi connectivity index (χ0) is 31.1. The zero-order valence-corrected chi connectivity index (χ0v) is 24.8. The first kappa shape index (κ1) is 30.8. The normalized spacial score (nSPS) is 15.3. The first-order valence-corrected chi connectivity index (χ1v) is 17.0. The largest absolute Gasteiger partial charge is 0.351 e. The highest BCUT2D eigenvalue weighted by Gasteiger charge is 2.26. The lowest BCUT2D eigenvalue weighted by atomic mass is 10.1. The summed E-state index contributed by atoms with van der Waals surface area (Å²) in [6.07, 6.45) is 1.75. The Bertz CT molecular complexity index is 1970. The van der Waals surface area contributed by atoms with E-state index in [4.69, 9.17) is 10.7 Å². The minimum Gasteiger partial charge on any atom is -0.351 e. The van der Waals surface area contributed by atoms with Crippen LogP contribution in [0.5, 0.6) is 0 Å². The molecule has 1 N–H and O–H groups in total. The van der Waals surface area contributed by atoms with Crippen molar-refractivity contribution in [1.82, 2.24) is 23.8 Å². The van der Waals surface area contributed by atoms with Crippen molar-refractivity contribution in [3.8, 4) is 11.3 Å². The number of alkyl halides is 2. The first-order valence-electron chi connectivity index (χ1n) is 12.8. The average Bonchev–Trinajstić information content (AvgIpc) is 2.94. The minimum absolute atomic E-state index is 0.0895. The van der Waals surface area contributed by atoms with Gasteiger partial charge in [0.1, 0.15) is 11.5 Å². The van der Waals surface area contributed by atoms with Gasteiger partial charge in [-0.25, -0.2) is 39.3 Å². The molecular weight excluding hydrogens is 633 g/mol. The summed E-state index contributed by atoms with van der Waals surface area (Å²) < 4.78 is 91.0. The molecule has 0 unspecified atom stereocenters. The van der Waals surface area contributed by atoms with Gasteiger partial charge in [0.05, 0.1) is 29.0 Å². The summed E-state index contributed by atoms with van der Waals surface area (Å²) in [4.78, 5) is 25.6. The highest BCUT2D eigenvalue weighted by Crippen LogP contribution is 2.26. The van der Waals surface area contributed by atoms with Gasteiger partial charge in [0.15, 0.2) is 0 Å². The van der Waals surface area contributed by atoms with Crippen LogP contribution in [0.1, 0.15) is 30.4 Å². The summed E-state index contributed by atoms with van der Waals surface area (Å²) in [5, 5.41) is 3.34. The standard InChI is InChI=1S/C26H24ClF3N6O5S2/c1-42(38,39)35-6-4-19(5-7-35)33-26-32-13-17-10-21(23(29)30)25(37)36(24(17)34-26)14-15-2-3-22(31-12-15)16-8-18(28)11-20(9-16)43(27,40)41/h2-3,8-13,19,23H,4-7,14H2,1H3,(H,32,33,34). The smallest absolute Gasteiger partial charge is 0.269 e. The molecule has 0 aliphatic carbocycles. The van der Waals surface area contributed by atoms with E-state index >= 15 is 0 Å². The number of nitrogens with zero attached hydrogens (tertiary/aromatic N) is 5. The molecule has 0 saturated carbocycles. The van der Waals surface area contributed by atoms with Gasteiger partial charge in [0.25, 0.3) is 21.0 Å². The number of pyridine rings is 2. The van der Waals surface area contributed by atoms with E-state index in [0.29, 0.717) is 31.5 Å². The number of anilines is 1. The molecule has 43 heavy (non-hydrogen) atoms. The number of piperidine rings is 1. The van der Waals surface area contributed by atoms with Gasteiger partial charge in [0.2, 0.25) is 16.0 Å². The second-order valence-corrected chi connectivity index (χ2v) is 14.6. The summed E-state index contributed by atoms with van der Waals surface area (Å²) in [5.74, 6) is -0.692. The van der Waals surface area contributed by atoms with Crippen LogP contribution in [-0.4, -0.2) is 66.0 Å². The lowest BCUT2D eigenvalue weighted by Gasteiger charge is -2.30. The van der Waals surface area contributed by atoms with Crippen LogP contribution in [0.25, 0.3) is 22.3 Å². The quantitative estimate of drug-likeness (QED) is 0.281. The summed E-state index contributed by atoms with van der Waals surface area (Å²) in [6, 6.07) is 6.90. The van der Waals surface area contributed by atoms with E-state index in [1.54, 1.807) is 0 Å². The molecule has 0 atom stereocenters. The van der Waals surface area contributed by atoms with E-state index in [0.717, 1.165) is 35.1 Å². The number of hydrogen-bond acceptors (Lipinski definition) is 9. The van der Waals surface area contributed by atoms with Gasteiger partial charge in [0, 0.05) is 53.2 Å². The number of halogens is 4. The summed E-state index contributed by atoms with van der Waals surface area (Å²) in [6.45, 7) is 0.430. The Labute approximate surface area is 248 Å². The fraction of sp³-hybridized carbons (Fsp3) is 0.308. The van der Waals surface area contributed by atoms with Crippen molar-refractivity contribution >= 4 is 46.7 Å². The molecule has 0 radical (unpaired) electrons. The molecule has 0 bridgehead atoms. The lowest BCUT2D eigenvalue weighted by Crippen LogP contribution is -2.42. The maximum Gasteiger partial charge on any atom is 0.269 e. The van der Waals surface area contributed by atoms with Crippen LogP contribution in [0.2, 0.25) is 0 Å².